The molecule has 4 rings (SSSR count). The second kappa shape index (κ2) is 8.58. The molecule has 2 fully saturated rings. The van der Waals surface area contributed by atoms with Gasteiger partial charge in [0.15, 0.2) is 0 Å². The maximum Gasteiger partial charge on any atom is 0.316 e. The van der Waals surface area contributed by atoms with Crippen molar-refractivity contribution in [3.05, 3.63) is 58.6 Å². The Kier molecular flexibility index (Phi) is 5.67. The molecule has 2 aromatic carbocycles. The summed E-state index contributed by atoms with van der Waals surface area (Å²) in [5, 5.41) is 10.8. The number of carbonyl (C=O) groups is 4. The molecule has 1 atom stereocenters. The molecular weight excluding hydrogens is 418 g/mol. The lowest BCUT2D eigenvalue weighted by atomic mass is 10.1. The fourth-order valence-electron chi connectivity index (χ4n) is 3.80. The quantitative estimate of drug-likeness (QED) is 0.231. The van der Waals surface area contributed by atoms with Crippen LogP contribution in [0.3, 0.4) is 0 Å². The first kappa shape index (κ1) is 21.2. The molecule has 0 radical (unpaired) electrons. The first-order valence-corrected chi connectivity index (χ1v) is 10.1. The van der Waals surface area contributed by atoms with E-state index < -0.39 is 16.8 Å². The van der Waals surface area contributed by atoms with Gasteiger partial charge in [-0.3, -0.25) is 34.2 Å². The standard InChI is InChI=1S/C22H19N3O7/c26-19-5-2-6-20(27)24(19)17-3-1-4-18(12-17)32-22(29)14-11-21(28)23(13-14)15-7-9-16(10-8-15)25(30)31/h1,3-4,7-10,12,14H,2,5-6,11,13H2/t14-/m1/s1. The van der Waals surface area contributed by atoms with Gasteiger partial charge in [0.2, 0.25) is 17.7 Å². The molecule has 32 heavy (non-hydrogen) atoms. The summed E-state index contributed by atoms with van der Waals surface area (Å²) in [6.07, 6.45) is 1.01. The van der Waals surface area contributed by atoms with E-state index in [0.29, 0.717) is 17.8 Å². The lowest BCUT2D eigenvalue weighted by Gasteiger charge is -2.25. The summed E-state index contributed by atoms with van der Waals surface area (Å²) in [6, 6.07) is 11.7. The van der Waals surface area contributed by atoms with Gasteiger partial charge in [-0.15, -0.1) is 0 Å². The third-order valence-corrected chi connectivity index (χ3v) is 5.40. The van der Waals surface area contributed by atoms with E-state index in [1.165, 1.54) is 41.3 Å². The third-order valence-electron chi connectivity index (χ3n) is 5.40. The van der Waals surface area contributed by atoms with Gasteiger partial charge in [0.05, 0.1) is 16.5 Å². The predicted octanol–water partition coefficient (Wildman–Crippen LogP) is 2.60. The van der Waals surface area contributed by atoms with Crippen LogP contribution in [-0.4, -0.2) is 35.2 Å². The van der Waals surface area contributed by atoms with Crippen molar-refractivity contribution in [2.24, 2.45) is 5.92 Å². The number of rotatable bonds is 5. The number of hydrogen-bond donors (Lipinski definition) is 0. The number of benzene rings is 2. The molecule has 10 nitrogen and oxygen atoms in total. The number of carbonyl (C=O) groups excluding carboxylic acids is 4. The molecule has 2 aliphatic heterocycles. The normalized spacial score (nSPS) is 18.8. The molecule has 0 aliphatic carbocycles. The Hall–Kier alpha value is -4.08. The minimum Gasteiger partial charge on any atom is -0.426 e. The van der Waals surface area contributed by atoms with E-state index in [2.05, 4.69) is 0 Å². The van der Waals surface area contributed by atoms with Crippen molar-refractivity contribution >= 4 is 40.8 Å². The number of piperidine rings is 1. The molecule has 2 heterocycles. The van der Waals surface area contributed by atoms with E-state index in [4.69, 9.17) is 4.74 Å². The Morgan fingerprint density at radius 2 is 1.66 bits per heavy atom. The molecule has 2 aromatic rings. The van der Waals surface area contributed by atoms with Gasteiger partial charge < -0.3 is 9.64 Å². The van der Waals surface area contributed by atoms with Crippen molar-refractivity contribution in [1.29, 1.82) is 0 Å². The number of nitro benzene ring substituents is 1. The van der Waals surface area contributed by atoms with Crippen LogP contribution >= 0.6 is 0 Å². The lowest BCUT2D eigenvalue weighted by molar-refractivity contribution is -0.384. The number of esters is 1. The summed E-state index contributed by atoms with van der Waals surface area (Å²) in [7, 11) is 0. The number of imide groups is 1. The van der Waals surface area contributed by atoms with Crippen LogP contribution in [-0.2, 0) is 19.2 Å². The monoisotopic (exact) mass is 437 g/mol. The van der Waals surface area contributed by atoms with Crippen LogP contribution in [0.25, 0.3) is 0 Å². The van der Waals surface area contributed by atoms with Crippen LogP contribution in [0.2, 0.25) is 0 Å². The highest BCUT2D eigenvalue weighted by atomic mass is 16.6. The van der Waals surface area contributed by atoms with E-state index in [-0.39, 0.29) is 55.0 Å². The van der Waals surface area contributed by atoms with Gasteiger partial charge in [-0.25, -0.2) is 0 Å². The van der Waals surface area contributed by atoms with Crippen molar-refractivity contribution in [3.8, 4) is 5.75 Å². The van der Waals surface area contributed by atoms with Gasteiger partial charge in [-0.2, -0.15) is 0 Å². The molecule has 0 N–H and O–H groups in total. The Morgan fingerprint density at radius 3 is 2.31 bits per heavy atom. The van der Waals surface area contributed by atoms with Crippen molar-refractivity contribution < 1.29 is 28.8 Å². The van der Waals surface area contributed by atoms with Gasteiger partial charge in [0, 0.05) is 49.7 Å². The van der Waals surface area contributed by atoms with Crippen LogP contribution in [0, 0.1) is 16.0 Å². The van der Waals surface area contributed by atoms with Crippen LogP contribution in [0.1, 0.15) is 25.7 Å². The van der Waals surface area contributed by atoms with Crippen molar-refractivity contribution in [1.82, 2.24) is 0 Å². The summed E-state index contributed by atoms with van der Waals surface area (Å²) in [5.74, 6) is -2.07. The van der Waals surface area contributed by atoms with E-state index in [9.17, 15) is 29.3 Å². The number of amides is 3. The molecule has 164 valence electrons. The van der Waals surface area contributed by atoms with Crippen molar-refractivity contribution in [3.63, 3.8) is 0 Å². The lowest BCUT2D eigenvalue weighted by Crippen LogP contribution is -2.40. The molecule has 0 aromatic heterocycles. The van der Waals surface area contributed by atoms with E-state index in [0.717, 1.165) is 4.90 Å². The summed E-state index contributed by atoms with van der Waals surface area (Å²) in [4.78, 5) is 62.1. The summed E-state index contributed by atoms with van der Waals surface area (Å²) in [6.45, 7) is 0.0816. The number of non-ortho nitro benzene ring substituents is 1. The average Bonchev–Trinajstić information content (AvgIpc) is 3.16. The van der Waals surface area contributed by atoms with Gasteiger partial charge >= 0.3 is 5.97 Å². The second-order valence-electron chi connectivity index (χ2n) is 7.57. The first-order valence-electron chi connectivity index (χ1n) is 10.1. The smallest absolute Gasteiger partial charge is 0.316 e. The molecule has 0 saturated carbocycles. The Morgan fingerprint density at radius 1 is 0.969 bits per heavy atom. The third kappa shape index (κ3) is 4.20. The minimum absolute atomic E-state index is 0.0569. The molecule has 2 aliphatic rings. The van der Waals surface area contributed by atoms with E-state index >= 15 is 0 Å². The number of nitro groups is 1. The van der Waals surface area contributed by atoms with E-state index in [1.807, 2.05) is 0 Å². The van der Waals surface area contributed by atoms with Crippen LogP contribution in [0.4, 0.5) is 17.1 Å². The van der Waals surface area contributed by atoms with Crippen LogP contribution in [0.15, 0.2) is 48.5 Å². The number of anilines is 2. The van der Waals surface area contributed by atoms with Crippen LogP contribution in [0.5, 0.6) is 5.75 Å². The van der Waals surface area contributed by atoms with Gasteiger partial charge in [0.1, 0.15) is 5.75 Å². The molecule has 0 spiro atoms. The SMILES string of the molecule is O=C(Oc1cccc(N2C(=O)CCCC2=O)c1)[C@@H]1CC(=O)N(c2ccc([N+](=O)[O-])cc2)C1. The molecule has 10 heteroatoms. The molecule has 0 unspecified atom stereocenters. The highest BCUT2D eigenvalue weighted by molar-refractivity contribution is 6.16. The second-order valence-corrected chi connectivity index (χ2v) is 7.57. The van der Waals surface area contributed by atoms with Gasteiger partial charge in [-0.05, 0) is 30.7 Å². The highest BCUT2D eigenvalue weighted by Crippen LogP contribution is 2.29. The Labute approximate surface area is 182 Å². The maximum absolute atomic E-state index is 12.7. The molecule has 0 bridgehead atoms. The van der Waals surface area contributed by atoms with Crippen molar-refractivity contribution in [2.45, 2.75) is 25.7 Å². The molecule has 2 saturated heterocycles. The largest absolute Gasteiger partial charge is 0.426 e. The van der Waals surface area contributed by atoms with Crippen LogP contribution < -0.4 is 14.5 Å². The van der Waals surface area contributed by atoms with Crippen molar-refractivity contribution in [2.75, 3.05) is 16.3 Å². The first-order chi connectivity index (χ1) is 15.3. The summed E-state index contributed by atoms with van der Waals surface area (Å²) in [5.41, 5.74) is 0.696. The van der Waals surface area contributed by atoms with Gasteiger partial charge in [0.25, 0.3) is 5.69 Å². The topological polar surface area (TPSA) is 127 Å². The zero-order valence-corrected chi connectivity index (χ0v) is 16.9. The zero-order valence-electron chi connectivity index (χ0n) is 16.9. The molecule has 3 amide bonds. The minimum atomic E-state index is -0.723. The van der Waals surface area contributed by atoms with Gasteiger partial charge in [-0.1, -0.05) is 6.07 Å². The Bertz CT molecular complexity index is 1100. The summed E-state index contributed by atoms with van der Waals surface area (Å²) < 4.78 is 5.43. The summed E-state index contributed by atoms with van der Waals surface area (Å²) >= 11 is 0. The fourth-order valence-corrected chi connectivity index (χ4v) is 3.80. The number of hydrogen-bond acceptors (Lipinski definition) is 7. The number of ether oxygens (including phenoxy) is 1. The number of nitrogens with zero attached hydrogens (tertiary/aromatic N) is 3. The predicted molar refractivity (Wildman–Crippen MR) is 112 cm³/mol. The van der Waals surface area contributed by atoms with E-state index in [1.54, 1.807) is 12.1 Å². The highest BCUT2D eigenvalue weighted by Gasteiger charge is 2.37. The fraction of sp³-hybridized carbons (Fsp3) is 0.273. The Balaban J connectivity index is 1.44. The zero-order chi connectivity index (χ0) is 22.8. The molecular formula is C22H19N3O7. The average molecular weight is 437 g/mol. The maximum atomic E-state index is 12.7.